The van der Waals surface area contributed by atoms with Crippen molar-refractivity contribution in [3.05, 3.63) is 34.9 Å². The van der Waals surface area contributed by atoms with Crippen LogP contribution in [0.4, 0.5) is 0 Å². The molecule has 3 N–H and O–H groups in total. The van der Waals surface area contributed by atoms with Crippen LogP contribution in [0.15, 0.2) is 18.2 Å². The van der Waals surface area contributed by atoms with Crippen molar-refractivity contribution < 1.29 is 9.53 Å². The van der Waals surface area contributed by atoms with Crippen molar-refractivity contribution in [2.75, 3.05) is 26.3 Å². The smallest absolute Gasteiger partial charge is 0.224 e. The maximum Gasteiger partial charge on any atom is 0.224 e. The van der Waals surface area contributed by atoms with Crippen molar-refractivity contribution in [2.24, 2.45) is 5.73 Å². The molecule has 106 valence electrons. The van der Waals surface area contributed by atoms with E-state index in [1.807, 2.05) is 13.8 Å². The molecule has 0 saturated carbocycles. The molecular formula is C15H24N2O2. The van der Waals surface area contributed by atoms with E-state index in [-0.39, 0.29) is 5.91 Å². The number of nitrogens with two attached hydrogens (primary N) is 1. The summed E-state index contributed by atoms with van der Waals surface area (Å²) in [5.41, 5.74) is 8.75. The average Bonchev–Trinajstić information content (AvgIpc) is 2.38. The number of carbonyl (C=O) groups excluding carboxylic acids is 1. The van der Waals surface area contributed by atoms with E-state index < -0.39 is 0 Å². The highest BCUT2D eigenvalue weighted by atomic mass is 16.5. The first-order chi connectivity index (χ1) is 9.13. The average molecular weight is 264 g/mol. The normalized spacial score (nSPS) is 10.5. The van der Waals surface area contributed by atoms with Gasteiger partial charge in [-0.2, -0.15) is 0 Å². The lowest BCUT2D eigenvalue weighted by molar-refractivity contribution is -0.120. The number of benzene rings is 1. The summed E-state index contributed by atoms with van der Waals surface area (Å²) < 4.78 is 5.24. The molecule has 0 atom stereocenters. The first-order valence-corrected chi connectivity index (χ1v) is 6.74. The van der Waals surface area contributed by atoms with Crippen LogP contribution in [0, 0.1) is 13.8 Å². The number of nitrogens with one attached hydrogen (secondary N) is 1. The summed E-state index contributed by atoms with van der Waals surface area (Å²) >= 11 is 0. The lowest BCUT2D eigenvalue weighted by atomic mass is 10.0. The molecule has 19 heavy (non-hydrogen) atoms. The quantitative estimate of drug-likeness (QED) is 0.696. The number of amides is 1. The highest BCUT2D eigenvalue weighted by molar-refractivity contribution is 5.78. The van der Waals surface area contributed by atoms with Crippen molar-refractivity contribution >= 4 is 5.91 Å². The minimum atomic E-state index is 0.0625. The van der Waals surface area contributed by atoms with Gasteiger partial charge >= 0.3 is 0 Å². The molecule has 0 saturated heterocycles. The second-order valence-electron chi connectivity index (χ2n) is 4.71. The summed E-state index contributed by atoms with van der Waals surface area (Å²) in [7, 11) is 0. The van der Waals surface area contributed by atoms with E-state index in [1.54, 1.807) is 0 Å². The minimum absolute atomic E-state index is 0.0625. The lowest BCUT2D eigenvalue weighted by Gasteiger charge is -2.08. The van der Waals surface area contributed by atoms with Gasteiger partial charge in [0.15, 0.2) is 0 Å². The largest absolute Gasteiger partial charge is 0.380 e. The third-order valence-electron chi connectivity index (χ3n) is 2.91. The van der Waals surface area contributed by atoms with Gasteiger partial charge in [0, 0.05) is 19.7 Å². The van der Waals surface area contributed by atoms with Crippen LogP contribution >= 0.6 is 0 Å². The van der Waals surface area contributed by atoms with Gasteiger partial charge in [0.25, 0.3) is 0 Å². The monoisotopic (exact) mass is 264 g/mol. The van der Waals surface area contributed by atoms with Crippen LogP contribution in [-0.2, 0) is 16.0 Å². The van der Waals surface area contributed by atoms with E-state index in [0.29, 0.717) is 32.7 Å². The summed E-state index contributed by atoms with van der Waals surface area (Å²) in [4.78, 5) is 11.8. The maximum atomic E-state index is 11.8. The molecule has 0 heterocycles. The van der Waals surface area contributed by atoms with E-state index in [4.69, 9.17) is 10.5 Å². The van der Waals surface area contributed by atoms with Gasteiger partial charge in [-0.25, -0.2) is 0 Å². The van der Waals surface area contributed by atoms with Crippen LogP contribution < -0.4 is 11.1 Å². The van der Waals surface area contributed by atoms with Gasteiger partial charge < -0.3 is 15.8 Å². The minimum Gasteiger partial charge on any atom is -0.380 e. The Morgan fingerprint density at radius 2 is 2.11 bits per heavy atom. The number of carbonyl (C=O) groups is 1. The zero-order valence-corrected chi connectivity index (χ0v) is 11.9. The van der Waals surface area contributed by atoms with Gasteiger partial charge in [0.1, 0.15) is 0 Å². The lowest BCUT2D eigenvalue weighted by Crippen LogP contribution is -2.27. The molecule has 0 aliphatic rings. The molecule has 1 aromatic carbocycles. The Morgan fingerprint density at radius 3 is 2.84 bits per heavy atom. The number of hydrogen-bond acceptors (Lipinski definition) is 3. The van der Waals surface area contributed by atoms with Crippen LogP contribution in [0.1, 0.15) is 23.1 Å². The van der Waals surface area contributed by atoms with Crippen LogP contribution in [0.5, 0.6) is 0 Å². The highest BCUT2D eigenvalue weighted by Gasteiger charge is 2.05. The van der Waals surface area contributed by atoms with Crippen molar-refractivity contribution in [1.82, 2.24) is 5.32 Å². The zero-order chi connectivity index (χ0) is 14.1. The molecule has 0 aliphatic carbocycles. The van der Waals surface area contributed by atoms with Gasteiger partial charge in [-0.05, 0) is 31.4 Å². The Morgan fingerprint density at radius 1 is 1.32 bits per heavy atom. The predicted octanol–water partition coefficient (Wildman–Crippen LogP) is 1.33. The van der Waals surface area contributed by atoms with Crippen molar-refractivity contribution in [1.29, 1.82) is 0 Å². The Hall–Kier alpha value is -1.39. The van der Waals surface area contributed by atoms with Gasteiger partial charge in [-0.1, -0.05) is 23.8 Å². The number of rotatable bonds is 8. The first kappa shape index (κ1) is 15.7. The summed E-state index contributed by atoms with van der Waals surface area (Å²) in [6.07, 6.45) is 1.26. The summed E-state index contributed by atoms with van der Waals surface area (Å²) in [5, 5.41) is 2.90. The molecule has 4 nitrogen and oxygen atoms in total. The van der Waals surface area contributed by atoms with Crippen molar-refractivity contribution in [3.63, 3.8) is 0 Å². The van der Waals surface area contributed by atoms with Gasteiger partial charge in [-0.15, -0.1) is 0 Å². The molecule has 0 spiro atoms. The maximum absolute atomic E-state index is 11.8. The van der Waals surface area contributed by atoms with Crippen molar-refractivity contribution in [2.45, 2.75) is 26.7 Å². The molecule has 0 radical (unpaired) electrons. The second-order valence-corrected chi connectivity index (χ2v) is 4.71. The molecule has 0 bridgehead atoms. The summed E-state index contributed by atoms with van der Waals surface area (Å²) in [6, 6.07) is 6.18. The molecule has 0 unspecified atom stereocenters. The third kappa shape index (κ3) is 6.36. The van der Waals surface area contributed by atoms with Gasteiger partial charge in [0.2, 0.25) is 5.91 Å². The summed E-state index contributed by atoms with van der Waals surface area (Å²) in [6.45, 7) is 6.48. The van der Waals surface area contributed by atoms with E-state index in [9.17, 15) is 4.79 Å². The van der Waals surface area contributed by atoms with Crippen LogP contribution in [0.25, 0.3) is 0 Å². The number of hydrogen-bond donors (Lipinski definition) is 2. The Bertz CT molecular complexity index is 405. The Kier molecular flexibility index (Phi) is 7.15. The molecule has 0 aliphatic heterocycles. The molecule has 1 amide bonds. The van der Waals surface area contributed by atoms with Crippen molar-refractivity contribution in [3.8, 4) is 0 Å². The summed E-state index contributed by atoms with van der Waals surface area (Å²) in [5.74, 6) is 0.0625. The number of ether oxygens (including phenoxy) is 1. The first-order valence-electron chi connectivity index (χ1n) is 6.74. The van der Waals surface area contributed by atoms with Crippen LogP contribution in [0.3, 0.4) is 0 Å². The highest BCUT2D eigenvalue weighted by Crippen LogP contribution is 2.11. The predicted molar refractivity (Wildman–Crippen MR) is 77.1 cm³/mol. The van der Waals surface area contributed by atoms with Gasteiger partial charge in [-0.3, -0.25) is 4.79 Å². The molecule has 1 rings (SSSR count). The second kappa shape index (κ2) is 8.67. The SMILES string of the molecule is Cc1ccc(C)c(CC(=O)NCCCOCCN)c1. The standard InChI is InChI=1S/C15H24N2O2/c1-12-4-5-13(2)14(10-12)11-15(18)17-7-3-8-19-9-6-16/h4-5,10H,3,6-9,11,16H2,1-2H3,(H,17,18). The van der Waals surface area contributed by atoms with Crippen LogP contribution in [-0.4, -0.2) is 32.2 Å². The third-order valence-corrected chi connectivity index (χ3v) is 2.91. The zero-order valence-electron chi connectivity index (χ0n) is 11.9. The topological polar surface area (TPSA) is 64.3 Å². The van der Waals surface area contributed by atoms with Gasteiger partial charge in [0.05, 0.1) is 13.0 Å². The number of aryl methyl sites for hydroxylation is 2. The van der Waals surface area contributed by atoms with E-state index >= 15 is 0 Å². The molecule has 0 aromatic heterocycles. The van der Waals surface area contributed by atoms with E-state index in [0.717, 1.165) is 17.5 Å². The fourth-order valence-electron chi connectivity index (χ4n) is 1.81. The molecule has 0 fully saturated rings. The molecule has 1 aromatic rings. The fraction of sp³-hybridized carbons (Fsp3) is 0.533. The van der Waals surface area contributed by atoms with E-state index in [1.165, 1.54) is 5.56 Å². The molecule has 4 heteroatoms. The molecular weight excluding hydrogens is 240 g/mol. The Labute approximate surface area is 115 Å². The fourth-order valence-corrected chi connectivity index (χ4v) is 1.81. The van der Waals surface area contributed by atoms with Crippen LogP contribution in [0.2, 0.25) is 0 Å². The Balaban J connectivity index is 2.25. The van der Waals surface area contributed by atoms with E-state index in [2.05, 4.69) is 23.5 Å².